The van der Waals surface area contributed by atoms with Gasteiger partial charge in [-0.1, -0.05) is 20.8 Å². The van der Waals surface area contributed by atoms with Crippen LogP contribution in [0.1, 0.15) is 34.1 Å². The lowest BCUT2D eigenvalue weighted by Crippen LogP contribution is -2.45. The van der Waals surface area contributed by atoms with Gasteiger partial charge in [-0.2, -0.15) is 0 Å². The number of hydrogen-bond acceptors (Lipinski definition) is 3. The summed E-state index contributed by atoms with van der Waals surface area (Å²) in [6, 6.07) is 1.21. The van der Waals surface area contributed by atoms with E-state index >= 15 is 0 Å². The van der Waals surface area contributed by atoms with Crippen LogP contribution in [0.15, 0.2) is 0 Å². The van der Waals surface area contributed by atoms with E-state index in [4.69, 9.17) is 0 Å². The molecule has 0 fully saturated rings. The fourth-order valence-corrected chi connectivity index (χ4v) is 1.70. The maximum Gasteiger partial charge on any atom is 0.0192 e. The molecule has 0 amide bonds. The number of hydrogen-bond donors (Lipinski definition) is 1. The SMILES string of the molecule is CCCN(CCN(C)C)C(C)CNC(C)C. The van der Waals surface area contributed by atoms with Crippen LogP contribution in [-0.4, -0.2) is 62.2 Å². The molecule has 0 aliphatic carbocycles. The van der Waals surface area contributed by atoms with Crippen molar-refractivity contribution >= 4 is 0 Å². The second-order valence-electron chi connectivity index (χ2n) is 5.25. The average molecular weight is 229 g/mol. The molecule has 0 rings (SSSR count). The standard InChI is InChI=1S/C13H31N3/c1-7-8-16(10-9-15(5)6)13(4)11-14-12(2)3/h12-14H,7-11H2,1-6H3. The summed E-state index contributed by atoms with van der Waals surface area (Å²) < 4.78 is 0. The minimum absolute atomic E-state index is 0.583. The molecule has 16 heavy (non-hydrogen) atoms. The first-order valence-corrected chi connectivity index (χ1v) is 6.59. The third-order valence-corrected chi connectivity index (χ3v) is 2.79. The van der Waals surface area contributed by atoms with E-state index in [0.29, 0.717) is 12.1 Å². The van der Waals surface area contributed by atoms with Gasteiger partial charge in [0.1, 0.15) is 0 Å². The van der Waals surface area contributed by atoms with Crippen molar-refractivity contribution < 1.29 is 0 Å². The Morgan fingerprint density at radius 3 is 2.06 bits per heavy atom. The van der Waals surface area contributed by atoms with Crippen molar-refractivity contribution in [3.8, 4) is 0 Å². The molecule has 0 aromatic rings. The van der Waals surface area contributed by atoms with Gasteiger partial charge >= 0.3 is 0 Å². The van der Waals surface area contributed by atoms with Gasteiger partial charge in [-0.15, -0.1) is 0 Å². The summed E-state index contributed by atoms with van der Waals surface area (Å²) in [6.45, 7) is 13.6. The van der Waals surface area contributed by atoms with E-state index in [2.05, 4.69) is 56.9 Å². The van der Waals surface area contributed by atoms with Crippen molar-refractivity contribution in [3.05, 3.63) is 0 Å². The highest BCUT2D eigenvalue weighted by atomic mass is 15.2. The van der Waals surface area contributed by atoms with Gasteiger partial charge in [0.05, 0.1) is 0 Å². The smallest absolute Gasteiger partial charge is 0.0192 e. The molecule has 1 N–H and O–H groups in total. The zero-order chi connectivity index (χ0) is 12.6. The first kappa shape index (κ1) is 15.9. The predicted octanol–water partition coefficient (Wildman–Crippen LogP) is 1.65. The first-order valence-electron chi connectivity index (χ1n) is 6.59. The van der Waals surface area contributed by atoms with Gasteiger partial charge in [-0.3, -0.25) is 4.90 Å². The van der Waals surface area contributed by atoms with Crippen LogP contribution in [0.25, 0.3) is 0 Å². The molecule has 98 valence electrons. The molecule has 0 aliphatic rings. The summed E-state index contributed by atoms with van der Waals surface area (Å²) in [5.74, 6) is 0. The highest BCUT2D eigenvalue weighted by Gasteiger charge is 2.12. The molecule has 0 saturated carbocycles. The number of nitrogens with zero attached hydrogens (tertiary/aromatic N) is 2. The third kappa shape index (κ3) is 8.08. The van der Waals surface area contributed by atoms with E-state index in [0.717, 1.165) is 13.1 Å². The highest BCUT2D eigenvalue weighted by Crippen LogP contribution is 2.00. The van der Waals surface area contributed by atoms with Gasteiger partial charge in [0, 0.05) is 31.7 Å². The van der Waals surface area contributed by atoms with Crippen molar-refractivity contribution in [1.29, 1.82) is 0 Å². The second kappa shape index (κ2) is 8.97. The lowest BCUT2D eigenvalue weighted by molar-refractivity contribution is 0.183. The van der Waals surface area contributed by atoms with E-state index in [9.17, 15) is 0 Å². The molecule has 3 heteroatoms. The van der Waals surface area contributed by atoms with E-state index in [-0.39, 0.29) is 0 Å². The molecule has 0 aromatic carbocycles. The lowest BCUT2D eigenvalue weighted by atomic mass is 10.2. The monoisotopic (exact) mass is 229 g/mol. The minimum Gasteiger partial charge on any atom is -0.313 e. The third-order valence-electron chi connectivity index (χ3n) is 2.79. The van der Waals surface area contributed by atoms with E-state index in [1.165, 1.54) is 19.5 Å². The molecular weight excluding hydrogens is 198 g/mol. The number of nitrogens with one attached hydrogen (secondary N) is 1. The Kier molecular flexibility index (Phi) is 8.90. The highest BCUT2D eigenvalue weighted by molar-refractivity contribution is 4.71. The number of rotatable bonds is 9. The van der Waals surface area contributed by atoms with Crippen molar-refractivity contribution in [2.45, 2.75) is 46.2 Å². The molecule has 0 spiro atoms. The van der Waals surface area contributed by atoms with E-state index in [1.807, 2.05) is 0 Å². The summed E-state index contributed by atoms with van der Waals surface area (Å²) >= 11 is 0. The van der Waals surface area contributed by atoms with Crippen LogP contribution in [-0.2, 0) is 0 Å². The van der Waals surface area contributed by atoms with Gasteiger partial charge in [-0.05, 0) is 34.0 Å². The molecule has 0 radical (unpaired) electrons. The normalized spacial score (nSPS) is 14.1. The number of likely N-dealkylation sites (N-methyl/N-ethyl adjacent to an activating group) is 1. The molecular formula is C13H31N3. The molecule has 0 bridgehead atoms. The van der Waals surface area contributed by atoms with E-state index < -0.39 is 0 Å². The Hall–Kier alpha value is -0.120. The van der Waals surface area contributed by atoms with Crippen LogP contribution in [0.3, 0.4) is 0 Å². The summed E-state index contributed by atoms with van der Waals surface area (Å²) in [5.41, 5.74) is 0. The van der Waals surface area contributed by atoms with Gasteiger partial charge in [0.2, 0.25) is 0 Å². The average Bonchev–Trinajstić information content (AvgIpc) is 2.20. The van der Waals surface area contributed by atoms with Crippen LogP contribution in [0.4, 0.5) is 0 Å². The van der Waals surface area contributed by atoms with Crippen molar-refractivity contribution in [2.24, 2.45) is 0 Å². The van der Waals surface area contributed by atoms with Crippen molar-refractivity contribution in [3.63, 3.8) is 0 Å². The Balaban J connectivity index is 3.96. The Labute approximate surface area is 102 Å². The topological polar surface area (TPSA) is 18.5 Å². The Morgan fingerprint density at radius 2 is 1.62 bits per heavy atom. The largest absolute Gasteiger partial charge is 0.313 e. The molecule has 0 saturated heterocycles. The molecule has 0 aliphatic heterocycles. The zero-order valence-electron chi connectivity index (χ0n) is 12.1. The van der Waals surface area contributed by atoms with Crippen LogP contribution in [0.5, 0.6) is 0 Å². The Morgan fingerprint density at radius 1 is 1.00 bits per heavy atom. The van der Waals surface area contributed by atoms with Crippen molar-refractivity contribution in [2.75, 3.05) is 40.3 Å². The van der Waals surface area contributed by atoms with Gasteiger partial charge in [0.15, 0.2) is 0 Å². The minimum atomic E-state index is 0.583. The lowest BCUT2D eigenvalue weighted by Gasteiger charge is -2.30. The quantitative estimate of drug-likeness (QED) is 0.648. The van der Waals surface area contributed by atoms with Gasteiger partial charge in [-0.25, -0.2) is 0 Å². The summed E-state index contributed by atoms with van der Waals surface area (Å²) in [7, 11) is 4.28. The Bertz CT molecular complexity index is 157. The van der Waals surface area contributed by atoms with Crippen LogP contribution in [0, 0.1) is 0 Å². The second-order valence-corrected chi connectivity index (χ2v) is 5.25. The fraction of sp³-hybridized carbons (Fsp3) is 1.00. The fourth-order valence-electron chi connectivity index (χ4n) is 1.70. The van der Waals surface area contributed by atoms with Crippen LogP contribution < -0.4 is 5.32 Å². The maximum atomic E-state index is 3.52. The van der Waals surface area contributed by atoms with Crippen molar-refractivity contribution in [1.82, 2.24) is 15.1 Å². The molecule has 0 heterocycles. The summed E-state index contributed by atoms with van der Waals surface area (Å²) in [5, 5.41) is 3.52. The van der Waals surface area contributed by atoms with Crippen LogP contribution >= 0.6 is 0 Å². The van der Waals surface area contributed by atoms with Gasteiger partial charge < -0.3 is 10.2 Å². The van der Waals surface area contributed by atoms with Crippen LogP contribution in [0.2, 0.25) is 0 Å². The molecule has 3 nitrogen and oxygen atoms in total. The summed E-state index contributed by atoms with van der Waals surface area (Å²) in [4.78, 5) is 4.83. The predicted molar refractivity (Wildman–Crippen MR) is 73.0 cm³/mol. The van der Waals surface area contributed by atoms with E-state index in [1.54, 1.807) is 0 Å². The molecule has 1 atom stereocenters. The first-order chi connectivity index (χ1) is 7.47. The molecule has 0 aromatic heterocycles. The van der Waals surface area contributed by atoms with Gasteiger partial charge in [0.25, 0.3) is 0 Å². The molecule has 1 unspecified atom stereocenters. The maximum absolute atomic E-state index is 3.52. The summed E-state index contributed by atoms with van der Waals surface area (Å²) in [6.07, 6.45) is 1.24. The zero-order valence-corrected chi connectivity index (χ0v) is 12.1.